The summed E-state index contributed by atoms with van der Waals surface area (Å²) >= 11 is 0. The Labute approximate surface area is 155 Å². The summed E-state index contributed by atoms with van der Waals surface area (Å²) in [5.74, 6) is 0.472. The molecule has 1 aromatic carbocycles. The number of aromatic nitrogens is 5. The molecular formula is C18H19FN6O2. The van der Waals surface area contributed by atoms with Gasteiger partial charge in [0.15, 0.2) is 11.5 Å². The van der Waals surface area contributed by atoms with Gasteiger partial charge >= 0.3 is 0 Å². The van der Waals surface area contributed by atoms with E-state index in [0.29, 0.717) is 24.8 Å². The van der Waals surface area contributed by atoms with Crippen LogP contribution in [0, 0.1) is 12.7 Å². The fourth-order valence-corrected chi connectivity index (χ4v) is 3.34. The van der Waals surface area contributed by atoms with Gasteiger partial charge < -0.3 is 9.42 Å². The van der Waals surface area contributed by atoms with Crippen LogP contribution in [-0.2, 0) is 6.54 Å². The van der Waals surface area contributed by atoms with Crippen LogP contribution in [0.25, 0.3) is 0 Å². The van der Waals surface area contributed by atoms with E-state index in [0.717, 1.165) is 24.8 Å². The van der Waals surface area contributed by atoms with Gasteiger partial charge in [-0.1, -0.05) is 22.5 Å². The molecule has 27 heavy (non-hydrogen) atoms. The summed E-state index contributed by atoms with van der Waals surface area (Å²) in [4.78, 5) is 19.0. The third-order valence-electron chi connectivity index (χ3n) is 4.60. The lowest BCUT2D eigenvalue weighted by molar-refractivity contribution is 0.0590. The van der Waals surface area contributed by atoms with Gasteiger partial charge in [0.2, 0.25) is 5.89 Å². The fraction of sp³-hybridized carbons (Fsp3) is 0.389. The molecule has 1 aliphatic rings. The Morgan fingerprint density at radius 2 is 2.26 bits per heavy atom. The van der Waals surface area contributed by atoms with Crippen molar-refractivity contribution in [1.82, 2.24) is 30.0 Å². The molecule has 140 valence electrons. The molecule has 0 bridgehead atoms. The fourth-order valence-electron chi connectivity index (χ4n) is 3.34. The molecule has 1 atom stereocenters. The van der Waals surface area contributed by atoms with Crippen molar-refractivity contribution in [2.45, 2.75) is 38.8 Å². The van der Waals surface area contributed by atoms with Gasteiger partial charge in [-0.25, -0.2) is 9.07 Å². The van der Waals surface area contributed by atoms with Crippen molar-refractivity contribution < 1.29 is 13.7 Å². The number of amides is 1. The molecule has 1 saturated heterocycles. The maximum Gasteiger partial charge on any atom is 0.276 e. The monoisotopic (exact) mass is 370 g/mol. The van der Waals surface area contributed by atoms with Crippen LogP contribution in [0.1, 0.15) is 53.1 Å². The summed E-state index contributed by atoms with van der Waals surface area (Å²) in [7, 11) is 0. The van der Waals surface area contributed by atoms with Crippen molar-refractivity contribution in [2.75, 3.05) is 6.54 Å². The van der Waals surface area contributed by atoms with E-state index in [1.54, 1.807) is 30.2 Å². The van der Waals surface area contributed by atoms with Crippen molar-refractivity contribution in [2.24, 2.45) is 0 Å². The van der Waals surface area contributed by atoms with E-state index in [1.165, 1.54) is 16.8 Å². The Hall–Kier alpha value is -3.10. The first kappa shape index (κ1) is 17.3. The molecule has 2 aromatic heterocycles. The normalized spacial score (nSPS) is 17.3. The molecule has 0 saturated carbocycles. The molecule has 8 nitrogen and oxygen atoms in total. The number of rotatable bonds is 4. The quantitative estimate of drug-likeness (QED) is 0.701. The zero-order chi connectivity index (χ0) is 18.8. The molecule has 3 heterocycles. The highest BCUT2D eigenvalue weighted by atomic mass is 19.1. The smallest absolute Gasteiger partial charge is 0.276 e. The summed E-state index contributed by atoms with van der Waals surface area (Å²) in [6.07, 6.45) is 4.27. The first-order valence-electron chi connectivity index (χ1n) is 8.86. The molecule has 1 unspecified atom stereocenters. The maximum atomic E-state index is 13.3. The zero-order valence-electron chi connectivity index (χ0n) is 14.9. The highest BCUT2D eigenvalue weighted by Crippen LogP contribution is 2.30. The van der Waals surface area contributed by atoms with E-state index in [1.807, 2.05) is 0 Å². The number of hydrogen-bond acceptors (Lipinski definition) is 6. The number of piperidine rings is 1. The zero-order valence-corrected chi connectivity index (χ0v) is 14.9. The van der Waals surface area contributed by atoms with Crippen LogP contribution >= 0.6 is 0 Å². The average molecular weight is 370 g/mol. The highest BCUT2D eigenvalue weighted by molar-refractivity contribution is 5.92. The van der Waals surface area contributed by atoms with E-state index < -0.39 is 0 Å². The first-order chi connectivity index (χ1) is 13.1. The summed E-state index contributed by atoms with van der Waals surface area (Å²) in [5, 5.41) is 12.0. The topological polar surface area (TPSA) is 89.9 Å². The Kier molecular flexibility index (Phi) is 4.66. The van der Waals surface area contributed by atoms with Crippen molar-refractivity contribution in [3.05, 3.63) is 59.3 Å². The third kappa shape index (κ3) is 3.71. The number of carbonyl (C=O) groups excluding carboxylic acids is 1. The molecule has 0 radical (unpaired) electrons. The number of carbonyl (C=O) groups is 1. The predicted octanol–water partition coefficient (Wildman–Crippen LogP) is 2.52. The number of aryl methyl sites for hydroxylation is 1. The van der Waals surface area contributed by atoms with Crippen LogP contribution in [0.5, 0.6) is 0 Å². The minimum atomic E-state index is -0.310. The summed E-state index contributed by atoms with van der Waals surface area (Å²) in [6, 6.07) is 6.03. The van der Waals surface area contributed by atoms with Gasteiger partial charge in [0.1, 0.15) is 5.82 Å². The van der Waals surface area contributed by atoms with E-state index in [2.05, 4.69) is 20.5 Å². The molecular weight excluding hydrogens is 351 g/mol. The molecule has 3 aromatic rings. The second kappa shape index (κ2) is 7.26. The van der Waals surface area contributed by atoms with Crippen LogP contribution in [0.2, 0.25) is 0 Å². The SMILES string of the molecule is Cc1nc(C2CCCCN2C(=O)c2cn(Cc3cccc(F)c3)nn2)no1. The lowest BCUT2D eigenvalue weighted by Gasteiger charge is -2.33. The average Bonchev–Trinajstić information content (AvgIpc) is 3.30. The van der Waals surface area contributed by atoms with Crippen molar-refractivity contribution >= 4 is 5.91 Å². The largest absolute Gasteiger partial charge is 0.340 e. The lowest BCUT2D eigenvalue weighted by atomic mass is 10.0. The van der Waals surface area contributed by atoms with Crippen LogP contribution in [0.3, 0.4) is 0 Å². The van der Waals surface area contributed by atoms with Crippen LogP contribution in [-0.4, -0.2) is 42.5 Å². The van der Waals surface area contributed by atoms with Gasteiger partial charge in [-0.15, -0.1) is 5.10 Å². The van der Waals surface area contributed by atoms with Crippen molar-refractivity contribution in [3.8, 4) is 0 Å². The minimum absolute atomic E-state index is 0.215. The van der Waals surface area contributed by atoms with Crippen molar-refractivity contribution in [3.63, 3.8) is 0 Å². The molecule has 9 heteroatoms. The first-order valence-corrected chi connectivity index (χ1v) is 8.86. The molecule has 1 amide bonds. The standard InChI is InChI=1S/C18H19FN6O2/c1-12-20-17(22-27-12)16-7-2-3-8-25(16)18(26)15-11-24(23-21-15)10-13-5-4-6-14(19)9-13/h4-6,9,11,16H,2-3,7-8,10H2,1H3. The third-order valence-corrected chi connectivity index (χ3v) is 4.60. The molecule has 0 spiro atoms. The van der Waals surface area contributed by atoms with E-state index in [9.17, 15) is 9.18 Å². The van der Waals surface area contributed by atoms with Gasteiger partial charge in [-0.05, 0) is 37.0 Å². The van der Waals surface area contributed by atoms with E-state index in [4.69, 9.17) is 4.52 Å². The van der Waals surface area contributed by atoms with Crippen LogP contribution < -0.4 is 0 Å². The molecule has 1 fully saturated rings. The van der Waals surface area contributed by atoms with E-state index >= 15 is 0 Å². The number of halogens is 1. The maximum absolute atomic E-state index is 13.3. The minimum Gasteiger partial charge on any atom is -0.340 e. The van der Waals surface area contributed by atoms with Gasteiger partial charge in [-0.2, -0.15) is 4.98 Å². The van der Waals surface area contributed by atoms with Crippen LogP contribution in [0.4, 0.5) is 4.39 Å². The Morgan fingerprint density at radius 3 is 3.04 bits per heavy atom. The molecule has 0 N–H and O–H groups in total. The molecule has 1 aliphatic heterocycles. The lowest BCUT2D eigenvalue weighted by Crippen LogP contribution is -2.39. The van der Waals surface area contributed by atoms with Crippen molar-refractivity contribution in [1.29, 1.82) is 0 Å². The Balaban J connectivity index is 1.52. The Morgan fingerprint density at radius 1 is 1.37 bits per heavy atom. The summed E-state index contributed by atoms with van der Waals surface area (Å²) in [6.45, 7) is 2.67. The van der Waals surface area contributed by atoms with Crippen LogP contribution in [0.15, 0.2) is 35.0 Å². The van der Waals surface area contributed by atoms with Gasteiger partial charge in [-0.3, -0.25) is 4.79 Å². The number of likely N-dealkylation sites (tertiary alicyclic amines) is 1. The van der Waals surface area contributed by atoms with Gasteiger partial charge in [0, 0.05) is 13.5 Å². The van der Waals surface area contributed by atoms with Gasteiger partial charge in [0.25, 0.3) is 5.91 Å². The summed E-state index contributed by atoms with van der Waals surface area (Å²) < 4.78 is 19.9. The Bertz CT molecular complexity index is 953. The van der Waals surface area contributed by atoms with Gasteiger partial charge in [0.05, 0.1) is 18.8 Å². The van der Waals surface area contributed by atoms with E-state index in [-0.39, 0.29) is 23.5 Å². The predicted molar refractivity (Wildman–Crippen MR) is 92.2 cm³/mol. The summed E-state index contributed by atoms with van der Waals surface area (Å²) in [5.41, 5.74) is 0.996. The second-order valence-electron chi connectivity index (χ2n) is 6.61. The number of benzene rings is 1. The number of nitrogens with zero attached hydrogens (tertiary/aromatic N) is 6. The highest BCUT2D eigenvalue weighted by Gasteiger charge is 2.33. The molecule has 4 rings (SSSR count). The number of hydrogen-bond donors (Lipinski definition) is 0. The second-order valence-corrected chi connectivity index (χ2v) is 6.61. The molecule has 0 aliphatic carbocycles.